The van der Waals surface area contributed by atoms with E-state index in [2.05, 4.69) is 33.0 Å². The molecule has 5 heteroatoms. The minimum atomic E-state index is 0.148. The fourth-order valence-corrected chi connectivity index (χ4v) is 3.66. The van der Waals surface area contributed by atoms with E-state index in [4.69, 9.17) is 0 Å². The van der Waals surface area contributed by atoms with Gasteiger partial charge in [-0.3, -0.25) is 4.79 Å². The first-order chi connectivity index (χ1) is 12.2. The number of hydrogen-bond donors (Lipinski definition) is 0. The summed E-state index contributed by atoms with van der Waals surface area (Å²) in [6.45, 7) is 1.70. The van der Waals surface area contributed by atoms with Crippen LogP contribution in [0.5, 0.6) is 0 Å². The molecule has 1 aliphatic rings. The Balaban J connectivity index is 1.54. The molecule has 4 nitrogen and oxygen atoms in total. The van der Waals surface area contributed by atoms with Gasteiger partial charge in [0.15, 0.2) is 0 Å². The van der Waals surface area contributed by atoms with Crippen molar-refractivity contribution in [1.82, 2.24) is 14.5 Å². The highest BCUT2D eigenvalue weighted by atomic mass is 79.9. The maximum atomic E-state index is 12.6. The fourth-order valence-electron chi connectivity index (χ4n) is 3.20. The summed E-state index contributed by atoms with van der Waals surface area (Å²) in [4.78, 5) is 19.1. The SMILES string of the molecule is O=C1Cn2c(cnc2-c2ccccc2Br)CN1CCc1ccccc1. The van der Waals surface area contributed by atoms with Crippen molar-refractivity contribution in [2.75, 3.05) is 6.54 Å². The van der Waals surface area contributed by atoms with E-state index >= 15 is 0 Å². The van der Waals surface area contributed by atoms with E-state index in [9.17, 15) is 4.79 Å². The van der Waals surface area contributed by atoms with Crippen molar-refractivity contribution < 1.29 is 4.79 Å². The van der Waals surface area contributed by atoms with E-state index in [0.29, 0.717) is 13.1 Å². The minimum Gasteiger partial charge on any atom is -0.335 e. The average Bonchev–Trinajstić information content (AvgIpc) is 3.03. The molecule has 126 valence electrons. The Morgan fingerprint density at radius 2 is 1.76 bits per heavy atom. The monoisotopic (exact) mass is 395 g/mol. The molecular weight excluding hydrogens is 378 g/mol. The predicted molar refractivity (Wildman–Crippen MR) is 101 cm³/mol. The van der Waals surface area contributed by atoms with Gasteiger partial charge in [-0.15, -0.1) is 0 Å². The number of amides is 1. The number of nitrogens with zero attached hydrogens (tertiary/aromatic N) is 3. The van der Waals surface area contributed by atoms with Gasteiger partial charge in [0.25, 0.3) is 0 Å². The third kappa shape index (κ3) is 3.24. The van der Waals surface area contributed by atoms with Gasteiger partial charge in [-0.25, -0.2) is 4.98 Å². The summed E-state index contributed by atoms with van der Waals surface area (Å²) >= 11 is 3.57. The largest absolute Gasteiger partial charge is 0.335 e. The second-order valence-corrected chi connectivity index (χ2v) is 7.04. The third-order valence-corrected chi connectivity index (χ3v) is 5.26. The predicted octanol–water partition coefficient (Wildman–Crippen LogP) is 3.90. The zero-order valence-electron chi connectivity index (χ0n) is 13.7. The van der Waals surface area contributed by atoms with Crippen LogP contribution < -0.4 is 0 Å². The molecule has 0 saturated heterocycles. The van der Waals surface area contributed by atoms with Gasteiger partial charge < -0.3 is 9.47 Å². The molecule has 0 unspecified atom stereocenters. The van der Waals surface area contributed by atoms with Crippen LogP contribution in [0.4, 0.5) is 0 Å². The summed E-state index contributed by atoms with van der Waals surface area (Å²) < 4.78 is 3.02. The number of rotatable bonds is 4. The number of halogens is 1. The molecule has 2 heterocycles. The summed E-state index contributed by atoms with van der Waals surface area (Å²) in [5, 5.41) is 0. The lowest BCUT2D eigenvalue weighted by molar-refractivity contribution is -0.134. The van der Waals surface area contributed by atoms with Crippen LogP contribution in [0.1, 0.15) is 11.3 Å². The van der Waals surface area contributed by atoms with E-state index < -0.39 is 0 Å². The average molecular weight is 396 g/mol. The first-order valence-electron chi connectivity index (χ1n) is 8.33. The molecule has 0 atom stereocenters. The zero-order chi connectivity index (χ0) is 17.2. The first-order valence-corrected chi connectivity index (χ1v) is 9.12. The highest BCUT2D eigenvalue weighted by Crippen LogP contribution is 2.29. The van der Waals surface area contributed by atoms with Crippen LogP contribution in [-0.2, 0) is 24.3 Å². The summed E-state index contributed by atoms with van der Waals surface area (Å²) in [6, 6.07) is 18.3. The van der Waals surface area contributed by atoms with E-state index in [1.807, 2.05) is 58.1 Å². The molecule has 0 saturated carbocycles. The Bertz CT molecular complexity index is 904. The van der Waals surface area contributed by atoms with Gasteiger partial charge in [0.2, 0.25) is 5.91 Å². The van der Waals surface area contributed by atoms with Crippen molar-refractivity contribution in [2.24, 2.45) is 0 Å². The Kier molecular flexibility index (Phi) is 4.40. The molecule has 4 rings (SSSR count). The van der Waals surface area contributed by atoms with Crippen molar-refractivity contribution in [1.29, 1.82) is 0 Å². The van der Waals surface area contributed by atoms with Crippen LogP contribution in [0.2, 0.25) is 0 Å². The van der Waals surface area contributed by atoms with Gasteiger partial charge >= 0.3 is 0 Å². The van der Waals surface area contributed by atoms with E-state index in [1.54, 1.807) is 0 Å². The van der Waals surface area contributed by atoms with Gasteiger partial charge in [0, 0.05) is 16.6 Å². The van der Waals surface area contributed by atoms with Crippen LogP contribution in [0, 0.1) is 0 Å². The lowest BCUT2D eigenvalue weighted by Gasteiger charge is -2.29. The van der Waals surface area contributed by atoms with Gasteiger partial charge in [-0.1, -0.05) is 64.5 Å². The van der Waals surface area contributed by atoms with E-state index in [-0.39, 0.29) is 5.91 Å². The number of hydrogen-bond acceptors (Lipinski definition) is 2. The molecule has 0 bridgehead atoms. The molecular formula is C20H18BrN3O. The molecule has 0 spiro atoms. The number of aromatic nitrogens is 2. The van der Waals surface area contributed by atoms with Crippen molar-refractivity contribution in [3.63, 3.8) is 0 Å². The topological polar surface area (TPSA) is 38.1 Å². The maximum Gasteiger partial charge on any atom is 0.242 e. The molecule has 25 heavy (non-hydrogen) atoms. The summed E-state index contributed by atoms with van der Waals surface area (Å²) in [7, 11) is 0. The maximum absolute atomic E-state index is 12.6. The lowest BCUT2D eigenvalue weighted by Crippen LogP contribution is -2.40. The third-order valence-electron chi connectivity index (χ3n) is 4.57. The second-order valence-electron chi connectivity index (χ2n) is 6.19. The van der Waals surface area contributed by atoms with Crippen molar-refractivity contribution >= 4 is 21.8 Å². The van der Waals surface area contributed by atoms with Crippen LogP contribution in [-0.4, -0.2) is 26.9 Å². The normalized spacial score (nSPS) is 13.8. The van der Waals surface area contributed by atoms with Crippen molar-refractivity contribution in [3.8, 4) is 11.4 Å². The molecule has 2 aromatic carbocycles. The zero-order valence-corrected chi connectivity index (χ0v) is 15.3. The molecule has 1 amide bonds. The van der Waals surface area contributed by atoms with E-state index in [1.165, 1.54) is 5.56 Å². The Hall–Kier alpha value is -2.40. The highest BCUT2D eigenvalue weighted by molar-refractivity contribution is 9.10. The van der Waals surface area contributed by atoms with Crippen molar-refractivity contribution in [3.05, 3.63) is 76.5 Å². The molecule has 0 radical (unpaired) electrons. The number of carbonyl (C=O) groups excluding carboxylic acids is 1. The fraction of sp³-hybridized carbons (Fsp3) is 0.200. The number of fused-ring (bicyclic) bond motifs is 1. The molecule has 0 fully saturated rings. The Labute approximate surface area is 155 Å². The Morgan fingerprint density at radius 3 is 2.56 bits per heavy atom. The van der Waals surface area contributed by atoms with Crippen LogP contribution in [0.3, 0.4) is 0 Å². The smallest absolute Gasteiger partial charge is 0.242 e. The van der Waals surface area contributed by atoms with E-state index in [0.717, 1.165) is 34.5 Å². The Morgan fingerprint density at radius 1 is 1.00 bits per heavy atom. The highest BCUT2D eigenvalue weighted by Gasteiger charge is 2.26. The second kappa shape index (κ2) is 6.84. The van der Waals surface area contributed by atoms with Gasteiger partial charge in [0.05, 0.1) is 18.4 Å². The van der Waals surface area contributed by atoms with Crippen LogP contribution in [0.25, 0.3) is 11.4 Å². The summed E-state index contributed by atoms with van der Waals surface area (Å²) in [5.41, 5.74) is 3.35. The minimum absolute atomic E-state index is 0.148. The van der Waals surface area contributed by atoms with Crippen molar-refractivity contribution in [2.45, 2.75) is 19.5 Å². The molecule has 0 aliphatic carbocycles. The molecule has 0 N–H and O–H groups in total. The first kappa shape index (κ1) is 16.1. The van der Waals surface area contributed by atoms with Crippen LogP contribution in [0.15, 0.2) is 65.3 Å². The number of benzene rings is 2. The summed E-state index contributed by atoms with van der Waals surface area (Å²) in [5.74, 6) is 0.994. The van der Waals surface area contributed by atoms with Gasteiger partial charge in [0.1, 0.15) is 12.4 Å². The number of imidazole rings is 1. The lowest BCUT2D eigenvalue weighted by atomic mass is 10.1. The standard InChI is InChI=1S/C20H18BrN3O/c21-18-9-5-4-8-17(18)20-22-12-16-13-23(19(25)14-24(16)20)11-10-15-6-2-1-3-7-15/h1-9,12H,10-11,13-14H2. The number of carbonyl (C=O) groups is 1. The van der Waals surface area contributed by atoms with Gasteiger partial charge in [-0.2, -0.15) is 0 Å². The molecule has 3 aromatic rings. The summed E-state index contributed by atoms with van der Waals surface area (Å²) in [6.07, 6.45) is 2.76. The van der Waals surface area contributed by atoms with Crippen LogP contribution >= 0.6 is 15.9 Å². The van der Waals surface area contributed by atoms with Gasteiger partial charge in [-0.05, 0) is 18.1 Å². The molecule has 1 aliphatic heterocycles. The quantitative estimate of drug-likeness (QED) is 0.671. The molecule has 1 aromatic heterocycles.